The van der Waals surface area contributed by atoms with Crippen molar-refractivity contribution in [3.05, 3.63) is 36.7 Å². The number of phenols is 2. The monoisotopic (exact) mass is 272 g/mol. The summed E-state index contributed by atoms with van der Waals surface area (Å²) in [5.41, 5.74) is 0.665. The van der Waals surface area contributed by atoms with Crippen molar-refractivity contribution >= 4 is 11.6 Å². The van der Waals surface area contributed by atoms with Gasteiger partial charge in [-0.2, -0.15) is 0 Å². The van der Waals surface area contributed by atoms with Gasteiger partial charge in [0.15, 0.2) is 0 Å². The molecule has 1 aromatic carbocycles. The van der Waals surface area contributed by atoms with Crippen LogP contribution in [0.25, 0.3) is 0 Å². The summed E-state index contributed by atoms with van der Waals surface area (Å²) in [6.07, 6.45) is 3.46. The Bertz CT molecular complexity index is 583. The molecule has 104 valence electrons. The van der Waals surface area contributed by atoms with Crippen LogP contribution in [0.3, 0.4) is 0 Å². The molecule has 6 heteroatoms. The molecule has 0 radical (unpaired) electrons. The number of benzene rings is 1. The first kappa shape index (κ1) is 12.5. The lowest BCUT2D eigenvalue weighted by molar-refractivity contribution is 0.458. The van der Waals surface area contributed by atoms with E-state index in [1.807, 2.05) is 0 Å². The lowest BCUT2D eigenvalue weighted by Crippen LogP contribution is -2.47. The summed E-state index contributed by atoms with van der Waals surface area (Å²) in [4.78, 5) is 12.6. The summed E-state index contributed by atoms with van der Waals surface area (Å²) in [7, 11) is 0. The number of anilines is 2. The topological polar surface area (TPSA) is 72.7 Å². The molecule has 0 spiro atoms. The highest BCUT2D eigenvalue weighted by Gasteiger charge is 2.20. The van der Waals surface area contributed by atoms with Crippen LogP contribution in [0.2, 0.25) is 0 Å². The summed E-state index contributed by atoms with van der Waals surface area (Å²) >= 11 is 0. The first-order chi connectivity index (χ1) is 9.74. The summed E-state index contributed by atoms with van der Waals surface area (Å²) in [6.45, 7) is 3.04. The van der Waals surface area contributed by atoms with Crippen LogP contribution in [0.4, 0.5) is 11.6 Å². The molecule has 1 aliphatic rings. The minimum Gasteiger partial charge on any atom is -0.508 e. The summed E-state index contributed by atoms with van der Waals surface area (Å²) in [5, 5.41) is 19.4. The molecule has 1 aromatic heterocycles. The summed E-state index contributed by atoms with van der Waals surface area (Å²) < 4.78 is 0. The Hall–Kier alpha value is -2.50. The Labute approximate surface area is 116 Å². The Morgan fingerprint density at radius 3 is 2.25 bits per heavy atom. The molecule has 1 aliphatic heterocycles. The largest absolute Gasteiger partial charge is 0.508 e. The highest BCUT2D eigenvalue weighted by Crippen LogP contribution is 2.31. The fourth-order valence-electron chi connectivity index (χ4n) is 2.37. The minimum atomic E-state index is 0.159. The second kappa shape index (κ2) is 5.24. The zero-order chi connectivity index (χ0) is 13.9. The molecule has 0 unspecified atom stereocenters. The smallest absolute Gasteiger partial charge is 0.225 e. The average Bonchev–Trinajstić information content (AvgIpc) is 2.51. The highest BCUT2D eigenvalue weighted by atomic mass is 16.3. The molecule has 20 heavy (non-hydrogen) atoms. The van der Waals surface area contributed by atoms with Crippen molar-refractivity contribution in [2.75, 3.05) is 36.0 Å². The molecule has 3 rings (SSSR count). The van der Waals surface area contributed by atoms with E-state index < -0.39 is 0 Å². The highest BCUT2D eigenvalue weighted by molar-refractivity contribution is 5.61. The zero-order valence-electron chi connectivity index (χ0n) is 11.0. The van der Waals surface area contributed by atoms with E-state index in [0.29, 0.717) is 5.69 Å². The van der Waals surface area contributed by atoms with Crippen LogP contribution in [0.1, 0.15) is 0 Å². The van der Waals surface area contributed by atoms with Gasteiger partial charge in [0.2, 0.25) is 5.95 Å². The Morgan fingerprint density at radius 1 is 0.900 bits per heavy atom. The Morgan fingerprint density at radius 2 is 1.55 bits per heavy atom. The molecule has 0 aliphatic carbocycles. The van der Waals surface area contributed by atoms with Crippen LogP contribution in [0, 0.1) is 0 Å². The van der Waals surface area contributed by atoms with E-state index in [-0.39, 0.29) is 11.5 Å². The molecule has 2 heterocycles. The van der Waals surface area contributed by atoms with Gasteiger partial charge in [-0.05, 0) is 18.2 Å². The molecule has 1 saturated heterocycles. The van der Waals surface area contributed by atoms with Crippen LogP contribution in [-0.2, 0) is 0 Å². The molecular weight excluding hydrogens is 256 g/mol. The number of piperazine rings is 1. The van der Waals surface area contributed by atoms with Crippen LogP contribution in [0.5, 0.6) is 11.5 Å². The maximum Gasteiger partial charge on any atom is 0.225 e. The van der Waals surface area contributed by atoms with Gasteiger partial charge >= 0.3 is 0 Å². The molecule has 6 nitrogen and oxygen atoms in total. The number of hydrogen-bond donors (Lipinski definition) is 2. The molecule has 2 N–H and O–H groups in total. The minimum absolute atomic E-state index is 0.159. The predicted octanol–water partition coefficient (Wildman–Crippen LogP) is 1.21. The fourth-order valence-corrected chi connectivity index (χ4v) is 2.37. The van der Waals surface area contributed by atoms with Crippen LogP contribution < -0.4 is 9.80 Å². The van der Waals surface area contributed by atoms with E-state index in [1.54, 1.807) is 24.5 Å². The Kier molecular flexibility index (Phi) is 3.28. The third-order valence-electron chi connectivity index (χ3n) is 3.41. The van der Waals surface area contributed by atoms with E-state index in [4.69, 9.17) is 0 Å². The lowest BCUT2D eigenvalue weighted by atomic mass is 10.2. The van der Waals surface area contributed by atoms with Gasteiger partial charge in [0.25, 0.3) is 0 Å². The van der Waals surface area contributed by atoms with Crippen LogP contribution >= 0.6 is 0 Å². The SMILES string of the molecule is Oc1ccc(O)c(N2CCN(c3ncccn3)CC2)c1. The summed E-state index contributed by atoms with van der Waals surface area (Å²) in [5.74, 6) is 1.08. The molecule has 2 aromatic rings. The van der Waals surface area contributed by atoms with Gasteiger partial charge in [0.1, 0.15) is 11.5 Å². The van der Waals surface area contributed by atoms with E-state index in [9.17, 15) is 10.2 Å². The van der Waals surface area contributed by atoms with Crippen molar-refractivity contribution in [2.24, 2.45) is 0 Å². The van der Waals surface area contributed by atoms with Crippen LogP contribution in [0.15, 0.2) is 36.7 Å². The van der Waals surface area contributed by atoms with Gasteiger partial charge in [-0.1, -0.05) is 0 Å². The second-order valence-corrected chi connectivity index (χ2v) is 4.70. The molecule has 0 atom stereocenters. The van der Waals surface area contributed by atoms with Crippen molar-refractivity contribution < 1.29 is 10.2 Å². The number of rotatable bonds is 2. The van der Waals surface area contributed by atoms with Gasteiger partial charge in [-0.25, -0.2) is 9.97 Å². The quantitative estimate of drug-likeness (QED) is 0.801. The summed E-state index contributed by atoms with van der Waals surface area (Å²) in [6, 6.07) is 6.37. The van der Waals surface area contributed by atoms with Crippen LogP contribution in [-0.4, -0.2) is 46.4 Å². The van der Waals surface area contributed by atoms with Crippen molar-refractivity contribution in [3.63, 3.8) is 0 Å². The van der Waals surface area contributed by atoms with Gasteiger partial charge in [0.05, 0.1) is 5.69 Å². The molecule has 0 amide bonds. The maximum atomic E-state index is 9.88. The third kappa shape index (κ3) is 2.45. The van der Waals surface area contributed by atoms with E-state index in [2.05, 4.69) is 19.8 Å². The molecule has 1 fully saturated rings. The van der Waals surface area contributed by atoms with Crippen molar-refractivity contribution in [2.45, 2.75) is 0 Å². The Balaban J connectivity index is 1.71. The van der Waals surface area contributed by atoms with E-state index in [0.717, 1.165) is 32.1 Å². The van der Waals surface area contributed by atoms with Gasteiger partial charge in [-0.15, -0.1) is 0 Å². The third-order valence-corrected chi connectivity index (χ3v) is 3.41. The number of aromatic nitrogens is 2. The fraction of sp³-hybridized carbons (Fsp3) is 0.286. The average molecular weight is 272 g/mol. The second-order valence-electron chi connectivity index (χ2n) is 4.70. The number of hydrogen-bond acceptors (Lipinski definition) is 6. The molecule has 0 bridgehead atoms. The standard InChI is InChI=1S/C14H16N4O2/c19-11-2-3-13(20)12(10-11)17-6-8-18(9-7-17)14-15-4-1-5-16-14/h1-5,10,19-20H,6-9H2. The first-order valence-corrected chi connectivity index (χ1v) is 6.53. The number of phenolic OH excluding ortho intramolecular Hbond substituents is 2. The maximum absolute atomic E-state index is 9.88. The first-order valence-electron chi connectivity index (χ1n) is 6.53. The van der Waals surface area contributed by atoms with Gasteiger partial charge in [-0.3, -0.25) is 0 Å². The number of nitrogens with zero attached hydrogens (tertiary/aromatic N) is 4. The van der Waals surface area contributed by atoms with Crippen molar-refractivity contribution in [1.82, 2.24) is 9.97 Å². The normalized spacial score (nSPS) is 15.4. The predicted molar refractivity (Wildman–Crippen MR) is 76.2 cm³/mol. The van der Waals surface area contributed by atoms with Gasteiger partial charge < -0.3 is 20.0 Å². The lowest BCUT2D eigenvalue weighted by Gasteiger charge is -2.36. The van der Waals surface area contributed by atoms with E-state index >= 15 is 0 Å². The van der Waals surface area contributed by atoms with Gasteiger partial charge in [0, 0.05) is 44.6 Å². The van der Waals surface area contributed by atoms with E-state index in [1.165, 1.54) is 12.1 Å². The van der Waals surface area contributed by atoms with Crippen molar-refractivity contribution in [3.8, 4) is 11.5 Å². The molecule has 0 saturated carbocycles. The number of aromatic hydroxyl groups is 2. The zero-order valence-corrected chi connectivity index (χ0v) is 11.0. The van der Waals surface area contributed by atoms with Crippen molar-refractivity contribution in [1.29, 1.82) is 0 Å². The molecular formula is C14H16N4O2.